The van der Waals surface area contributed by atoms with Crippen LogP contribution in [0.2, 0.25) is 0 Å². The number of nitrogens with zero attached hydrogens (tertiary/aromatic N) is 3. The number of hydrogen-bond donors (Lipinski definition) is 1. The number of amides is 1. The third-order valence-electron chi connectivity index (χ3n) is 4.10. The Morgan fingerprint density at radius 3 is 2.85 bits per heavy atom. The van der Waals surface area contributed by atoms with Gasteiger partial charge < -0.3 is 14.7 Å². The molecule has 1 unspecified atom stereocenters. The van der Waals surface area contributed by atoms with Crippen LogP contribution in [0.3, 0.4) is 0 Å². The lowest BCUT2D eigenvalue weighted by molar-refractivity contribution is -0.134. The molecule has 1 aromatic heterocycles. The van der Waals surface area contributed by atoms with E-state index in [-0.39, 0.29) is 11.9 Å². The second-order valence-electron chi connectivity index (χ2n) is 5.68. The van der Waals surface area contributed by atoms with Crippen LogP contribution in [-0.4, -0.2) is 59.6 Å². The highest BCUT2D eigenvalue weighted by Crippen LogP contribution is 2.13. The number of aryl methyl sites for hydroxylation is 1. The van der Waals surface area contributed by atoms with Crippen molar-refractivity contribution in [2.24, 2.45) is 0 Å². The van der Waals surface area contributed by atoms with Crippen LogP contribution in [0.15, 0.2) is 10.6 Å². The Labute approximate surface area is 119 Å². The van der Waals surface area contributed by atoms with E-state index in [1.54, 1.807) is 0 Å². The third kappa shape index (κ3) is 3.02. The minimum absolute atomic E-state index is 0.0541. The van der Waals surface area contributed by atoms with Crippen molar-refractivity contribution in [2.45, 2.75) is 32.4 Å². The Kier molecular flexibility index (Phi) is 4.03. The summed E-state index contributed by atoms with van der Waals surface area (Å²) < 4.78 is 5.24. The highest BCUT2D eigenvalue weighted by atomic mass is 16.5. The second-order valence-corrected chi connectivity index (χ2v) is 5.68. The number of aromatic nitrogens is 1. The molecule has 2 aliphatic heterocycles. The highest BCUT2D eigenvalue weighted by molar-refractivity contribution is 5.82. The predicted molar refractivity (Wildman–Crippen MR) is 74.1 cm³/mol. The van der Waals surface area contributed by atoms with E-state index in [0.717, 1.165) is 63.6 Å². The van der Waals surface area contributed by atoms with Crippen LogP contribution in [-0.2, 0) is 11.3 Å². The van der Waals surface area contributed by atoms with Crippen molar-refractivity contribution in [3.05, 3.63) is 17.5 Å². The molecule has 0 saturated carbocycles. The molecule has 1 atom stereocenters. The van der Waals surface area contributed by atoms with Gasteiger partial charge >= 0.3 is 0 Å². The quantitative estimate of drug-likeness (QED) is 0.866. The number of hydrogen-bond acceptors (Lipinski definition) is 5. The van der Waals surface area contributed by atoms with E-state index < -0.39 is 0 Å². The van der Waals surface area contributed by atoms with Crippen molar-refractivity contribution in [2.75, 3.05) is 32.7 Å². The predicted octanol–water partition coefficient (Wildman–Crippen LogP) is 0.379. The molecule has 3 rings (SSSR count). The average Bonchev–Trinajstić information content (AvgIpc) is 3.11. The highest BCUT2D eigenvalue weighted by Gasteiger charge is 2.29. The molecule has 6 nitrogen and oxygen atoms in total. The van der Waals surface area contributed by atoms with Gasteiger partial charge in [-0.2, -0.15) is 0 Å². The van der Waals surface area contributed by atoms with Crippen molar-refractivity contribution in [3.63, 3.8) is 0 Å². The normalized spacial score (nSPS) is 24.2. The molecular formula is C14H22N4O2. The largest absolute Gasteiger partial charge is 0.360 e. The zero-order chi connectivity index (χ0) is 13.9. The Morgan fingerprint density at radius 2 is 2.25 bits per heavy atom. The number of rotatable bonds is 3. The van der Waals surface area contributed by atoms with Gasteiger partial charge in [-0.15, -0.1) is 0 Å². The summed E-state index contributed by atoms with van der Waals surface area (Å²) >= 11 is 0. The lowest BCUT2D eigenvalue weighted by atomic mass is 10.2. The maximum absolute atomic E-state index is 12.3. The van der Waals surface area contributed by atoms with E-state index in [1.165, 1.54) is 0 Å². The van der Waals surface area contributed by atoms with Crippen molar-refractivity contribution >= 4 is 5.91 Å². The van der Waals surface area contributed by atoms with Gasteiger partial charge in [-0.3, -0.25) is 9.69 Å². The van der Waals surface area contributed by atoms with Gasteiger partial charge in [0.2, 0.25) is 5.91 Å². The smallest absolute Gasteiger partial charge is 0.239 e. The summed E-state index contributed by atoms with van der Waals surface area (Å²) in [5.74, 6) is 1.18. The van der Waals surface area contributed by atoms with Crippen LogP contribution in [0, 0.1) is 6.92 Å². The van der Waals surface area contributed by atoms with Gasteiger partial charge in [0.05, 0.1) is 18.3 Å². The molecule has 0 bridgehead atoms. The molecule has 0 aliphatic carbocycles. The minimum atomic E-state index is 0.0541. The molecule has 1 aromatic rings. The van der Waals surface area contributed by atoms with Crippen molar-refractivity contribution in [1.82, 2.24) is 20.3 Å². The van der Waals surface area contributed by atoms with Gasteiger partial charge in [-0.25, -0.2) is 0 Å². The van der Waals surface area contributed by atoms with Crippen LogP contribution in [0.5, 0.6) is 0 Å². The van der Waals surface area contributed by atoms with Gasteiger partial charge in [0.1, 0.15) is 0 Å². The van der Waals surface area contributed by atoms with E-state index in [2.05, 4.69) is 15.4 Å². The first kappa shape index (κ1) is 13.6. The first-order chi connectivity index (χ1) is 9.72. The van der Waals surface area contributed by atoms with Crippen molar-refractivity contribution < 1.29 is 9.32 Å². The van der Waals surface area contributed by atoms with E-state index in [0.29, 0.717) is 0 Å². The van der Waals surface area contributed by atoms with E-state index in [4.69, 9.17) is 4.52 Å². The number of carbonyl (C=O) groups excluding carboxylic acids is 1. The average molecular weight is 278 g/mol. The second kappa shape index (κ2) is 5.93. The summed E-state index contributed by atoms with van der Waals surface area (Å²) in [5, 5.41) is 7.18. The number of piperazine rings is 1. The number of carbonyl (C=O) groups is 1. The summed E-state index contributed by atoms with van der Waals surface area (Å²) in [7, 11) is 0. The van der Waals surface area contributed by atoms with Gasteiger partial charge in [-0.05, 0) is 26.3 Å². The summed E-state index contributed by atoms with van der Waals surface area (Å²) in [6.45, 7) is 7.11. The van der Waals surface area contributed by atoms with Crippen molar-refractivity contribution in [3.8, 4) is 0 Å². The third-order valence-corrected chi connectivity index (χ3v) is 4.10. The summed E-state index contributed by atoms with van der Waals surface area (Å²) in [6.07, 6.45) is 2.09. The molecular weight excluding hydrogens is 256 g/mol. The van der Waals surface area contributed by atoms with Crippen LogP contribution in [0.1, 0.15) is 24.3 Å². The van der Waals surface area contributed by atoms with Crippen molar-refractivity contribution in [1.29, 1.82) is 0 Å². The molecule has 2 fully saturated rings. The van der Waals surface area contributed by atoms with Gasteiger partial charge in [-0.1, -0.05) is 5.16 Å². The Morgan fingerprint density at radius 1 is 1.45 bits per heavy atom. The van der Waals surface area contributed by atoms with Crippen LogP contribution < -0.4 is 5.32 Å². The molecule has 110 valence electrons. The van der Waals surface area contributed by atoms with E-state index >= 15 is 0 Å². The molecule has 0 radical (unpaired) electrons. The fourth-order valence-corrected chi connectivity index (χ4v) is 2.95. The van der Waals surface area contributed by atoms with Crippen LogP contribution >= 0.6 is 0 Å². The van der Waals surface area contributed by atoms with Crippen LogP contribution in [0.4, 0.5) is 0 Å². The van der Waals surface area contributed by atoms with Gasteiger partial charge in [0.15, 0.2) is 5.76 Å². The fraction of sp³-hybridized carbons (Fsp3) is 0.714. The Hall–Kier alpha value is -1.40. The summed E-state index contributed by atoms with van der Waals surface area (Å²) in [6, 6.07) is 2.03. The fourth-order valence-electron chi connectivity index (χ4n) is 2.95. The topological polar surface area (TPSA) is 61.6 Å². The van der Waals surface area contributed by atoms with Crippen LogP contribution in [0.25, 0.3) is 0 Å². The molecule has 2 aliphatic rings. The maximum atomic E-state index is 12.3. The summed E-state index contributed by atoms with van der Waals surface area (Å²) in [4.78, 5) is 16.6. The Bertz CT molecular complexity index is 459. The molecule has 2 saturated heterocycles. The molecule has 1 N–H and O–H groups in total. The molecule has 0 aromatic carbocycles. The Balaban J connectivity index is 1.48. The number of nitrogens with one attached hydrogen (secondary N) is 1. The first-order valence-corrected chi connectivity index (χ1v) is 7.39. The molecule has 3 heterocycles. The molecule has 6 heteroatoms. The van der Waals surface area contributed by atoms with Gasteiger partial charge in [0.25, 0.3) is 0 Å². The standard InChI is InChI=1S/C14H22N4O2/c1-11-9-12(20-16-11)10-17-5-7-18(8-6-17)14(19)13-3-2-4-15-13/h9,13,15H,2-8,10H2,1H3. The monoisotopic (exact) mass is 278 g/mol. The molecule has 0 spiro atoms. The molecule has 20 heavy (non-hydrogen) atoms. The van der Waals surface area contributed by atoms with E-state index in [9.17, 15) is 4.79 Å². The minimum Gasteiger partial charge on any atom is -0.360 e. The van der Waals surface area contributed by atoms with E-state index in [1.807, 2.05) is 17.9 Å². The summed E-state index contributed by atoms with van der Waals surface area (Å²) in [5.41, 5.74) is 0.918. The zero-order valence-corrected chi connectivity index (χ0v) is 12.0. The zero-order valence-electron chi connectivity index (χ0n) is 12.0. The lowest BCUT2D eigenvalue weighted by Crippen LogP contribution is -2.52. The molecule has 1 amide bonds. The van der Waals surface area contributed by atoms with Gasteiger partial charge in [0, 0.05) is 32.2 Å². The SMILES string of the molecule is Cc1cc(CN2CCN(C(=O)C3CCCN3)CC2)on1. The first-order valence-electron chi connectivity index (χ1n) is 7.39. The maximum Gasteiger partial charge on any atom is 0.239 e. The lowest BCUT2D eigenvalue weighted by Gasteiger charge is -2.35.